The Morgan fingerprint density at radius 3 is 3.00 bits per heavy atom. The highest BCUT2D eigenvalue weighted by molar-refractivity contribution is 5.75. The summed E-state index contributed by atoms with van der Waals surface area (Å²) in [5, 5.41) is 3.21. The Balaban J connectivity index is 1.75. The van der Waals surface area contributed by atoms with Gasteiger partial charge >= 0.3 is 5.97 Å². The van der Waals surface area contributed by atoms with E-state index < -0.39 is 0 Å². The molecule has 2 aliphatic rings. The smallest absolute Gasteiger partial charge is 0.322 e. The van der Waals surface area contributed by atoms with Gasteiger partial charge in [-0.25, -0.2) is 0 Å². The number of esters is 1. The van der Waals surface area contributed by atoms with Crippen LogP contribution in [0.1, 0.15) is 26.2 Å². The molecule has 0 bridgehead atoms. The Kier molecular flexibility index (Phi) is 5.60. The van der Waals surface area contributed by atoms with Gasteiger partial charge in [-0.15, -0.1) is 0 Å². The lowest BCUT2D eigenvalue weighted by atomic mass is 10.1. The first-order chi connectivity index (χ1) is 9.24. The number of piperazine rings is 1. The van der Waals surface area contributed by atoms with Crippen molar-refractivity contribution in [1.29, 1.82) is 0 Å². The van der Waals surface area contributed by atoms with Gasteiger partial charge in [0.15, 0.2) is 0 Å². The fraction of sp³-hybridized carbons (Fsp3) is 0.929. The Hall–Kier alpha value is -0.650. The van der Waals surface area contributed by atoms with Crippen LogP contribution in [0.4, 0.5) is 0 Å². The summed E-state index contributed by atoms with van der Waals surface area (Å²) in [5.74, 6) is -0.138. The van der Waals surface area contributed by atoms with Crippen molar-refractivity contribution in [3.63, 3.8) is 0 Å². The fourth-order valence-corrected chi connectivity index (χ4v) is 3.26. The minimum atomic E-state index is -0.156. The van der Waals surface area contributed by atoms with E-state index in [1.54, 1.807) is 0 Å². The van der Waals surface area contributed by atoms with E-state index in [1.807, 2.05) is 6.92 Å². The maximum absolute atomic E-state index is 11.6. The first-order valence-electron chi connectivity index (χ1n) is 7.52. The third kappa shape index (κ3) is 3.91. The summed E-state index contributed by atoms with van der Waals surface area (Å²) < 4.78 is 4.85. The number of hydrogen-bond acceptors (Lipinski definition) is 5. The quantitative estimate of drug-likeness (QED) is 0.703. The second kappa shape index (κ2) is 7.22. The average Bonchev–Trinajstić information content (AvgIpc) is 2.90. The van der Waals surface area contributed by atoms with Crippen LogP contribution in [0.3, 0.4) is 0 Å². The highest BCUT2D eigenvalue weighted by Gasteiger charge is 2.30. The highest BCUT2D eigenvalue weighted by Crippen LogP contribution is 2.21. The van der Waals surface area contributed by atoms with E-state index in [9.17, 15) is 4.79 Å². The normalized spacial score (nSPS) is 26.1. The molecule has 2 unspecified atom stereocenters. The van der Waals surface area contributed by atoms with Crippen LogP contribution in [0.25, 0.3) is 0 Å². The summed E-state index contributed by atoms with van der Waals surface area (Å²) in [4.78, 5) is 16.8. The van der Waals surface area contributed by atoms with Gasteiger partial charge in [-0.3, -0.25) is 9.69 Å². The lowest BCUT2D eigenvalue weighted by Gasteiger charge is -2.37. The first kappa shape index (κ1) is 14.8. The van der Waals surface area contributed by atoms with Gasteiger partial charge in [-0.1, -0.05) is 6.92 Å². The third-order valence-corrected chi connectivity index (χ3v) is 4.34. The maximum atomic E-state index is 11.6. The van der Waals surface area contributed by atoms with Gasteiger partial charge in [0.2, 0.25) is 0 Å². The second-order valence-corrected chi connectivity index (χ2v) is 5.55. The van der Waals surface area contributed by atoms with Crippen LogP contribution >= 0.6 is 0 Å². The van der Waals surface area contributed by atoms with Crippen molar-refractivity contribution in [3.05, 3.63) is 0 Å². The lowest BCUT2D eigenvalue weighted by Crippen LogP contribution is -2.51. The predicted octanol–water partition coefficient (Wildman–Crippen LogP) is 0.308. The van der Waals surface area contributed by atoms with E-state index in [0.29, 0.717) is 0 Å². The summed E-state index contributed by atoms with van der Waals surface area (Å²) in [6.45, 7) is 8.58. The van der Waals surface area contributed by atoms with Crippen molar-refractivity contribution >= 4 is 5.97 Å². The van der Waals surface area contributed by atoms with Crippen molar-refractivity contribution in [2.24, 2.45) is 0 Å². The van der Waals surface area contributed by atoms with Crippen LogP contribution in [-0.2, 0) is 9.53 Å². The van der Waals surface area contributed by atoms with Crippen molar-refractivity contribution in [2.45, 2.75) is 38.3 Å². The van der Waals surface area contributed by atoms with Crippen molar-refractivity contribution in [3.8, 4) is 0 Å². The zero-order valence-corrected chi connectivity index (χ0v) is 12.2. The van der Waals surface area contributed by atoms with E-state index >= 15 is 0 Å². The number of carbonyl (C=O) groups excluding carboxylic acids is 1. The predicted molar refractivity (Wildman–Crippen MR) is 75.1 cm³/mol. The van der Waals surface area contributed by atoms with E-state index in [4.69, 9.17) is 4.74 Å². The molecule has 1 N–H and O–H groups in total. The zero-order chi connectivity index (χ0) is 13.7. The number of fused-ring (bicyclic) bond motifs is 1. The molecule has 2 atom stereocenters. The molecule has 2 heterocycles. The lowest BCUT2D eigenvalue weighted by molar-refractivity contribution is -0.143. The van der Waals surface area contributed by atoms with Crippen molar-refractivity contribution in [2.75, 3.05) is 46.4 Å². The molecule has 110 valence electrons. The number of nitrogens with one attached hydrogen (secondary N) is 1. The number of carbonyl (C=O) groups is 1. The third-order valence-electron chi connectivity index (χ3n) is 4.34. The van der Waals surface area contributed by atoms with Crippen molar-refractivity contribution < 1.29 is 9.53 Å². The Bertz CT molecular complexity index is 298. The van der Waals surface area contributed by atoms with E-state index in [2.05, 4.69) is 15.1 Å². The van der Waals surface area contributed by atoms with Gasteiger partial charge in [-0.05, 0) is 32.4 Å². The van der Waals surface area contributed by atoms with Gasteiger partial charge in [0.05, 0.1) is 7.11 Å². The Morgan fingerprint density at radius 2 is 2.26 bits per heavy atom. The van der Waals surface area contributed by atoms with Crippen LogP contribution in [0.15, 0.2) is 0 Å². The number of hydrogen-bond donors (Lipinski definition) is 1. The zero-order valence-electron chi connectivity index (χ0n) is 12.2. The van der Waals surface area contributed by atoms with Gasteiger partial charge in [0.1, 0.15) is 6.04 Å². The van der Waals surface area contributed by atoms with Gasteiger partial charge in [0, 0.05) is 32.2 Å². The molecule has 0 spiro atoms. The molecule has 5 nitrogen and oxygen atoms in total. The minimum Gasteiger partial charge on any atom is -0.468 e. The molecule has 2 aliphatic heterocycles. The molecule has 0 aromatic rings. The fourth-order valence-electron chi connectivity index (χ4n) is 3.26. The maximum Gasteiger partial charge on any atom is 0.322 e. The van der Waals surface area contributed by atoms with Crippen LogP contribution < -0.4 is 5.32 Å². The van der Waals surface area contributed by atoms with Crippen LogP contribution in [0, 0.1) is 0 Å². The van der Waals surface area contributed by atoms with E-state index in [0.717, 1.165) is 32.1 Å². The SMILES string of the molecule is CCNC(CCN1CCN2CCCC2C1)C(=O)OC. The second-order valence-electron chi connectivity index (χ2n) is 5.55. The summed E-state index contributed by atoms with van der Waals surface area (Å²) in [6.07, 6.45) is 3.53. The van der Waals surface area contributed by atoms with Crippen LogP contribution in [-0.4, -0.2) is 74.2 Å². The van der Waals surface area contributed by atoms with E-state index in [-0.39, 0.29) is 12.0 Å². The van der Waals surface area contributed by atoms with Gasteiger partial charge in [0.25, 0.3) is 0 Å². The van der Waals surface area contributed by atoms with Gasteiger partial charge in [-0.2, -0.15) is 0 Å². The Labute approximate surface area is 116 Å². The first-order valence-corrected chi connectivity index (χ1v) is 7.52. The molecule has 2 saturated heterocycles. The number of rotatable bonds is 6. The molecule has 0 saturated carbocycles. The topological polar surface area (TPSA) is 44.8 Å². The summed E-state index contributed by atoms with van der Waals surface area (Å²) in [7, 11) is 1.46. The van der Waals surface area contributed by atoms with Crippen LogP contribution in [0.5, 0.6) is 0 Å². The van der Waals surface area contributed by atoms with Gasteiger partial charge < -0.3 is 15.0 Å². The molecular weight excluding hydrogens is 242 g/mol. The number of ether oxygens (including phenoxy) is 1. The number of methoxy groups -OCH3 is 1. The summed E-state index contributed by atoms with van der Waals surface area (Å²) >= 11 is 0. The molecule has 19 heavy (non-hydrogen) atoms. The van der Waals surface area contributed by atoms with Crippen molar-refractivity contribution in [1.82, 2.24) is 15.1 Å². The molecular formula is C14H27N3O2. The standard InChI is InChI=1S/C14H27N3O2/c1-3-15-13(14(18)19-2)6-8-16-9-10-17-7-4-5-12(17)11-16/h12-13,15H,3-11H2,1-2H3. The molecule has 0 aromatic heterocycles. The average molecular weight is 269 g/mol. The summed E-state index contributed by atoms with van der Waals surface area (Å²) in [5.41, 5.74) is 0. The monoisotopic (exact) mass is 269 g/mol. The largest absolute Gasteiger partial charge is 0.468 e. The Morgan fingerprint density at radius 1 is 1.42 bits per heavy atom. The van der Waals surface area contributed by atoms with Crippen LogP contribution in [0.2, 0.25) is 0 Å². The molecule has 2 fully saturated rings. The molecule has 0 radical (unpaired) electrons. The molecule has 2 rings (SSSR count). The molecule has 0 amide bonds. The summed E-state index contributed by atoms with van der Waals surface area (Å²) in [6, 6.07) is 0.598. The molecule has 5 heteroatoms. The highest BCUT2D eigenvalue weighted by atomic mass is 16.5. The molecule has 0 aromatic carbocycles. The van der Waals surface area contributed by atoms with E-state index in [1.165, 1.54) is 39.6 Å². The molecule has 0 aliphatic carbocycles. The number of nitrogens with zero attached hydrogens (tertiary/aromatic N) is 2. The number of likely N-dealkylation sites (N-methyl/N-ethyl adjacent to an activating group) is 1. The minimum absolute atomic E-state index is 0.138.